The first-order valence-corrected chi connectivity index (χ1v) is 9.37. The Morgan fingerprint density at radius 3 is 2.10 bits per heavy atom. The maximum Gasteiger partial charge on any atom is 0.313 e. The first-order valence-electron chi connectivity index (χ1n) is 9.37. The molecule has 0 atom stereocenters. The van der Waals surface area contributed by atoms with Gasteiger partial charge >= 0.3 is 11.8 Å². The van der Waals surface area contributed by atoms with Gasteiger partial charge in [0.2, 0.25) is 5.88 Å². The molecule has 0 aliphatic rings. The van der Waals surface area contributed by atoms with Gasteiger partial charge in [0.15, 0.2) is 0 Å². The van der Waals surface area contributed by atoms with E-state index in [0.29, 0.717) is 18.7 Å². The summed E-state index contributed by atoms with van der Waals surface area (Å²) in [5.41, 5.74) is 2.68. The lowest BCUT2D eigenvalue weighted by Crippen LogP contribution is -2.36. The molecule has 0 spiro atoms. The molecule has 1 heterocycles. The normalized spacial score (nSPS) is 10.4. The second kappa shape index (κ2) is 10.0. The predicted octanol–water partition coefficient (Wildman–Crippen LogP) is 3.37. The van der Waals surface area contributed by atoms with Crippen LogP contribution < -0.4 is 15.4 Å². The highest BCUT2D eigenvalue weighted by molar-refractivity contribution is 6.39. The third kappa shape index (κ3) is 5.42. The molecule has 0 aliphatic carbocycles. The maximum atomic E-state index is 12.2. The van der Waals surface area contributed by atoms with E-state index in [1.165, 1.54) is 7.11 Å². The first kappa shape index (κ1) is 20.1. The molecular weight excluding hydrogens is 366 g/mol. The molecule has 6 nitrogen and oxygen atoms in total. The van der Waals surface area contributed by atoms with Gasteiger partial charge in [-0.25, -0.2) is 4.98 Å². The van der Waals surface area contributed by atoms with E-state index in [1.807, 2.05) is 36.4 Å². The highest BCUT2D eigenvalue weighted by Crippen LogP contribution is 2.27. The van der Waals surface area contributed by atoms with Gasteiger partial charge in [-0.2, -0.15) is 0 Å². The van der Waals surface area contributed by atoms with Crippen LogP contribution in [0.15, 0.2) is 79.0 Å². The van der Waals surface area contributed by atoms with Gasteiger partial charge in [0, 0.05) is 18.7 Å². The molecule has 2 N–H and O–H groups in total. The molecule has 0 radical (unpaired) electrons. The summed E-state index contributed by atoms with van der Waals surface area (Å²) >= 11 is 0. The zero-order valence-electron chi connectivity index (χ0n) is 16.2. The lowest BCUT2D eigenvalue weighted by atomic mass is 9.88. The van der Waals surface area contributed by atoms with Gasteiger partial charge in [0.25, 0.3) is 0 Å². The number of carbonyl (C=O) groups excluding carboxylic acids is 2. The van der Waals surface area contributed by atoms with Gasteiger partial charge in [-0.3, -0.25) is 9.59 Å². The van der Waals surface area contributed by atoms with E-state index in [4.69, 9.17) is 4.74 Å². The molecule has 0 bridgehead atoms. The van der Waals surface area contributed by atoms with Crippen molar-refractivity contribution in [2.75, 3.05) is 19.0 Å². The topological polar surface area (TPSA) is 80.3 Å². The number of amides is 2. The first-order chi connectivity index (χ1) is 14.2. The highest BCUT2D eigenvalue weighted by atomic mass is 16.5. The maximum absolute atomic E-state index is 12.2. The lowest BCUT2D eigenvalue weighted by Gasteiger charge is -2.18. The fourth-order valence-electron chi connectivity index (χ4n) is 3.13. The van der Waals surface area contributed by atoms with Crippen LogP contribution >= 0.6 is 0 Å². The third-order valence-corrected chi connectivity index (χ3v) is 4.54. The summed E-state index contributed by atoms with van der Waals surface area (Å²) in [6.07, 6.45) is 2.21. The van der Waals surface area contributed by atoms with Crippen LogP contribution in [0.5, 0.6) is 5.88 Å². The Morgan fingerprint density at radius 1 is 0.897 bits per heavy atom. The molecule has 0 saturated carbocycles. The van der Waals surface area contributed by atoms with Gasteiger partial charge in [0.05, 0.1) is 7.11 Å². The Kier molecular flexibility index (Phi) is 6.95. The van der Waals surface area contributed by atoms with Gasteiger partial charge in [-0.15, -0.1) is 0 Å². The van der Waals surface area contributed by atoms with E-state index in [-0.39, 0.29) is 11.8 Å². The average molecular weight is 389 g/mol. The number of carbonyl (C=O) groups is 2. The van der Waals surface area contributed by atoms with Crippen LogP contribution in [0.4, 0.5) is 5.69 Å². The second-order valence-corrected chi connectivity index (χ2v) is 6.43. The Bertz CT molecular complexity index is 906. The van der Waals surface area contributed by atoms with E-state index in [2.05, 4.69) is 39.9 Å². The number of aromatic nitrogens is 1. The Balaban J connectivity index is 1.60. The number of hydrogen-bond donors (Lipinski definition) is 2. The summed E-state index contributed by atoms with van der Waals surface area (Å²) in [4.78, 5) is 28.4. The number of anilines is 1. The van der Waals surface area contributed by atoms with Crippen LogP contribution in [0.3, 0.4) is 0 Å². The van der Waals surface area contributed by atoms with Crippen molar-refractivity contribution >= 4 is 17.5 Å². The third-order valence-electron chi connectivity index (χ3n) is 4.54. The SMILES string of the molecule is COc1ncccc1NC(=O)C(=O)NCCC(c1ccccc1)c1ccccc1. The summed E-state index contributed by atoms with van der Waals surface area (Å²) in [6.45, 7) is 0.366. The van der Waals surface area contributed by atoms with Crippen LogP contribution in [0, 0.1) is 0 Å². The lowest BCUT2D eigenvalue weighted by molar-refractivity contribution is -0.136. The number of nitrogens with zero attached hydrogens (tertiary/aromatic N) is 1. The summed E-state index contributed by atoms with van der Waals surface area (Å²) in [6, 6.07) is 23.5. The van der Waals surface area contributed by atoms with E-state index < -0.39 is 11.8 Å². The number of rotatable bonds is 7. The van der Waals surface area contributed by atoms with Crippen LogP contribution in [-0.2, 0) is 9.59 Å². The summed E-state index contributed by atoms with van der Waals surface area (Å²) in [7, 11) is 1.45. The minimum atomic E-state index is -0.757. The van der Waals surface area contributed by atoms with Gasteiger partial charge in [-0.1, -0.05) is 60.7 Å². The minimum absolute atomic E-state index is 0.124. The number of ether oxygens (including phenoxy) is 1. The Labute approximate surface area is 169 Å². The fourth-order valence-corrected chi connectivity index (χ4v) is 3.13. The van der Waals surface area contributed by atoms with Crippen molar-refractivity contribution < 1.29 is 14.3 Å². The molecule has 29 heavy (non-hydrogen) atoms. The zero-order valence-corrected chi connectivity index (χ0v) is 16.2. The standard InChI is InChI=1S/C23H23N3O3/c1-29-23-20(13-8-15-25-23)26-22(28)21(27)24-16-14-19(17-9-4-2-5-10-17)18-11-6-3-7-12-18/h2-13,15,19H,14,16H2,1H3,(H,24,27)(H,26,28). The van der Waals surface area contributed by atoms with Crippen LogP contribution in [0.1, 0.15) is 23.5 Å². The van der Waals surface area contributed by atoms with Crippen molar-refractivity contribution in [3.05, 3.63) is 90.1 Å². The molecule has 0 unspecified atom stereocenters. The largest absolute Gasteiger partial charge is 0.480 e. The molecule has 148 valence electrons. The average Bonchev–Trinajstić information content (AvgIpc) is 2.78. The molecule has 0 fully saturated rings. The number of benzene rings is 2. The fraction of sp³-hybridized carbons (Fsp3) is 0.174. The Morgan fingerprint density at radius 2 is 1.52 bits per heavy atom. The molecule has 0 aliphatic heterocycles. The van der Waals surface area contributed by atoms with Crippen molar-refractivity contribution in [2.45, 2.75) is 12.3 Å². The van der Waals surface area contributed by atoms with Crippen LogP contribution in [-0.4, -0.2) is 30.5 Å². The van der Waals surface area contributed by atoms with Crippen molar-refractivity contribution in [2.24, 2.45) is 0 Å². The molecule has 3 aromatic rings. The monoisotopic (exact) mass is 389 g/mol. The number of pyridine rings is 1. The molecule has 1 aromatic heterocycles. The van der Waals surface area contributed by atoms with Gasteiger partial charge in [0.1, 0.15) is 5.69 Å². The van der Waals surface area contributed by atoms with Crippen LogP contribution in [0.2, 0.25) is 0 Å². The van der Waals surface area contributed by atoms with Crippen LogP contribution in [0.25, 0.3) is 0 Å². The highest BCUT2D eigenvalue weighted by Gasteiger charge is 2.18. The summed E-state index contributed by atoms with van der Waals surface area (Å²) in [5.74, 6) is -1.08. The molecule has 2 amide bonds. The van der Waals surface area contributed by atoms with E-state index in [1.54, 1.807) is 18.3 Å². The Hall–Kier alpha value is -3.67. The van der Waals surface area contributed by atoms with Crippen molar-refractivity contribution in [1.29, 1.82) is 0 Å². The van der Waals surface area contributed by atoms with Crippen molar-refractivity contribution in [1.82, 2.24) is 10.3 Å². The molecule has 2 aromatic carbocycles. The van der Waals surface area contributed by atoms with E-state index >= 15 is 0 Å². The summed E-state index contributed by atoms with van der Waals surface area (Å²) < 4.78 is 5.08. The minimum Gasteiger partial charge on any atom is -0.480 e. The molecule has 0 saturated heterocycles. The molecule has 6 heteroatoms. The van der Waals surface area contributed by atoms with Gasteiger partial charge in [-0.05, 0) is 29.7 Å². The number of nitrogens with one attached hydrogen (secondary N) is 2. The zero-order chi connectivity index (χ0) is 20.5. The summed E-state index contributed by atoms with van der Waals surface area (Å²) in [5, 5.41) is 5.22. The molecular formula is C23H23N3O3. The van der Waals surface area contributed by atoms with Crippen molar-refractivity contribution in [3.63, 3.8) is 0 Å². The smallest absolute Gasteiger partial charge is 0.313 e. The number of hydrogen-bond acceptors (Lipinski definition) is 4. The van der Waals surface area contributed by atoms with Gasteiger partial charge < -0.3 is 15.4 Å². The molecule has 3 rings (SSSR count). The van der Waals surface area contributed by atoms with E-state index in [0.717, 1.165) is 11.1 Å². The number of methoxy groups -OCH3 is 1. The quantitative estimate of drug-likeness (QED) is 0.607. The van der Waals surface area contributed by atoms with Crippen molar-refractivity contribution in [3.8, 4) is 5.88 Å². The second-order valence-electron chi connectivity index (χ2n) is 6.43. The predicted molar refractivity (Wildman–Crippen MR) is 112 cm³/mol. The van der Waals surface area contributed by atoms with E-state index in [9.17, 15) is 9.59 Å².